The molecular formula is C16H14N4. The molecule has 3 aromatic heterocycles. The average molecular weight is 262 g/mol. The normalized spacial score (nSPS) is 11.5. The van der Waals surface area contributed by atoms with Gasteiger partial charge in [-0.25, -0.2) is 9.50 Å². The first-order valence-corrected chi connectivity index (χ1v) is 6.58. The summed E-state index contributed by atoms with van der Waals surface area (Å²) in [5.41, 5.74) is 5.61. The molecule has 20 heavy (non-hydrogen) atoms. The Kier molecular flexibility index (Phi) is 2.21. The summed E-state index contributed by atoms with van der Waals surface area (Å²) in [6.45, 7) is 2.08. The summed E-state index contributed by atoms with van der Waals surface area (Å²) < 4.78 is 3.97. The molecule has 0 amide bonds. The van der Waals surface area contributed by atoms with Crippen LogP contribution in [-0.2, 0) is 7.05 Å². The Morgan fingerprint density at radius 2 is 2.00 bits per heavy atom. The lowest BCUT2D eigenvalue weighted by molar-refractivity contribution is 0.953. The summed E-state index contributed by atoms with van der Waals surface area (Å²) in [7, 11) is 2.06. The molecule has 0 radical (unpaired) electrons. The minimum absolute atomic E-state index is 0.895. The third-order valence-electron chi connectivity index (χ3n) is 3.73. The van der Waals surface area contributed by atoms with Crippen molar-refractivity contribution < 1.29 is 0 Å². The summed E-state index contributed by atoms with van der Waals surface area (Å²) in [6.07, 6.45) is 5.69. The van der Waals surface area contributed by atoms with Crippen molar-refractivity contribution in [2.45, 2.75) is 6.92 Å². The zero-order chi connectivity index (χ0) is 13.7. The van der Waals surface area contributed by atoms with E-state index >= 15 is 0 Å². The summed E-state index contributed by atoms with van der Waals surface area (Å²) in [5, 5.41) is 5.49. The summed E-state index contributed by atoms with van der Waals surface area (Å²) in [4.78, 5) is 4.39. The molecule has 3 heterocycles. The summed E-state index contributed by atoms with van der Waals surface area (Å²) in [5.74, 6) is 0. The number of hydrogen-bond donors (Lipinski definition) is 0. The molecular weight excluding hydrogens is 248 g/mol. The fourth-order valence-corrected chi connectivity index (χ4v) is 2.80. The van der Waals surface area contributed by atoms with Gasteiger partial charge >= 0.3 is 0 Å². The van der Waals surface area contributed by atoms with Gasteiger partial charge in [-0.15, -0.1) is 0 Å². The molecule has 0 atom stereocenters. The Hall–Kier alpha value is -2.62. The van der Waals surface area contributed by atoms with E-state index in [2.05, 4.69) is 65.1 Å². The van der Waals surface area contributed by atoms with E-state index in [1.807, 2.05) is 10.7 Å². The van der Waals surface area contributed by atoms with Crippen LogP contribution in [0, 0.1) is 6.92 Å². The monoisotopic (exact) mass is 262 g/mol. The van der Waals surface area contributed by atoms with Crippen LogP contribution in [0.4, 0.5) is 0 Å². The molecule has 1 aromatic carbocycles. The Balaban J connectivity index is 2.13. The van der Waals surface area contributed by atoms with Crippen LogP contribution in [0.2, 0.25) is 0 Å². The smallest absolute Gasteiger partial charge is 0.163 e. The number of benzene rings is 1. The summed E-state index contributed by atoms with van der Waals surface area (Å²) in [6, 6.07) is 10.7. The van der Waals surface area contributed by atoms with Crippen LogP contribution in [0.3, 0.4) is 0 Å². The average Bonchev–Trinajstić information content (AvgIpc) is 3.05. The number of aryl methyl sites for hydroxylation is 2. The minimum Gasteiger partial charge on any atom is -0.351 e. The van der Waals surface area contributed by atoms with E-state index in [-0.39, 0.29) is 0 Å². The van der Waals surface area contributed by atoms with Crippen molar-refractivity contribution in [2.75, 3.05) is 0 Å². The van der Waals surface area contributed by atoms with Crippen molar-refractivity contribution >= 4 is 16.6 Å². The first-order chi connectivity index (χ1) is 9.74. The molecule has 0 saturated heterocycles. The van der Waals surface area contributed by atoms with Crippen molar-refractivity contribution in [1.29, 1.82) is 0 Å². The van der Waals surface area contributed by atoms with Gasteiger partial charge in [0, 0.05) is 35.9 Å². The maximum absolute atomic E-state index is 4.39. The predicted molar refractivity (Wildman–Crippen MR) is 79.6 cm³/mol. The van der Waals surface area contributed by atoms with Gasteiger partial charge in [0.15, 0.2) is 5.65 Å². The molecule has 0 bridgehead atoms. The van der Waals surface area contributed by atoms with Crippen LogP contribution in [0.25, 0.3) is 27.7 Å². The second kappa shape index (κ2) is 3.93. The van der Waals surface area contributed by atoms with Crippen LogP contribution >= 0.6 is 0 Å². The van der Waals surface area contributed by atoms with Gasteiger partial charge in [-0.1, -0.05) is 12.1 Å². The Bertz CT molecular complexity index is 930. The molecule has 98 valence electrons. The van der Waals surface area contributed by atoms with Gasteiger partial charge in [-0.05, 0) is 36.2 Å². The largest absolute Gasteiger partial charge is 0.351 e. The third-order valence-corrected chi connectivity index (χ3v) is 3.73. The molecule has 0 aliphatic carbocycles. The van der Waals surface area contributed by atoms with Crippen molar-refractivity contribution in [3.05, 3.63) is 54.6 Å². The second-order valence-corrected chi connectivity index (χ2v) is 5.12. The number of rotatable bonds is 1. The molecule has 0 fully saturated rings. The van der Waals surface area contributed by atoms with Crippen LogP contribution in [-0.4, -0.2) is 19.2 Å². The van der Waals surface area contributed by atoms with Gasteiger partial charge in [-0.2, -0.15) is 5.10 Å². The van der Waals surface area contributed by atoms with Crippen molar-refractivity contribution in [3.8, 4) is 11.1 Å². The van der Waals surface area contributed by atoms with E-state index in [4.69, 9.17) is 0 Å². The van der Waals surface area contributed by atoms with Crippen LogP contribution < -0.4 is 0 Å². The lowest BCUT2D eigenvalue weighted by atomic mass is 10.0. The second-order valence-electron chi connectivity index (χ2n) is 5.12. The highest BCUT2D eigenvalue weighted by Crippen LogP contribution is 2.31. The topological polar surface area (TPSA) is 35.1 Å². The van der Waals surface area contributed by atoms with E-state index < -0.39 is 0 Å². The van der Waals surface area contributed by atoms with Gasteiger partial charge in [0.25, 0.3) is 0 Å². The van der Waals surface area contributed by atoms with E-state index in [1.54, 1.807) is 6.33 Å². The highest BCUT2D eigenvalue weighted by atomic mass is 15.3. The zero-order valence-corrected chi connectivity index (χ0v) is 11.4. The van der Waals surface area contributed by atoms with E-state index in [9.17, 15) is 0 Å². The lowest BCUT2D eigenvalue weighted by Gasteiger charge is -2.07. The van der Waals surface area contributed by atoms with Gasteiger partial charge in [0.1, 0.15) is 6.33 Å². The van der Waals surface area contributed by atoms with Gasteiger partial charge < -0.3 is 4.57 Å². The Labute approximate surface area is 116 Å². The van der Waals surface area contributed by atoms with E-state index in [0.29, 0.717) is 0 Å². The highest BCUT2D eigenvalue weighted by Gasteiger charge is 2.11. The first kappa shape index (κ1) is 11.2. The van der Waals surface area contributed by atoms with Crippen LogP contribution in [0.1, 0.15) is 5.56 Å². The number of aromatic nitrogens is 4. The Morgan fingerprint density at radius 3 is 2.90 bits per heavy atom. The SMILES string of the molecule is Cc1cc(-c2cccc3c2ccn3C)c2ncnn2c1. The molecule has 4 nitrogen and oxygen atoms in total. The summed E-state index contributed by atoms with van der Waals surface area (Å²) >= 11 is 0. The van der Waals surface area contributed by atoms with Crippen molar-refractivity contribution in [1.82, 2.24) is 19.2 Å². The fourth-order valence-electron chi connectivity index (χ4n) is 2.80. The van der Waals surface area contributed by atoms with Gasteiger partial charge in [0.05, 0.1) is 0 Å². The first-order valence-electron chi connectivity index (χ1n) is 6.58. The number of nitrogens with zero attached hydrogens (tertiary/aromatic N) is 4. The molecule has 4 heteroatoms. The standard InChI is InChI=1S/C16H14N4/c1-11-8-14(16-17-10-18-20(16)9-11)12-4-3-5-15-13(12)6-7-19(15)2/h3-10H,1-2H3. The fraction of sp³-hybridized carbons (Fsp3) is 0.125. The highest BCUT2D eigenvalue weighted by molar-refractivity contribution is 5.98. The number of pyridine rings is 1. The van der Waals surface area contributed by atoms with E-state index in [0.717, 1.165) is 11.2 Å². The molecule has 0 aliphatic rings. The lowest BCUT2D eigenvalue weighted by Crippen LogP contribution is -1.93. The van der Waals surface area contributed by atoms with E-state index in [1.165, 1.54) is 22.0 Å². The van der Waals surface area contributed by atoms with Crippen molar-refractivity contribution in [2.24, 2.45) is 7.05 Å². The maximum atomic E-state index is 4.39. The van der Waals surface area contributed by atoms with Gasteiger partial charge in [-0.3, -0.25) is 0 Å². The quantitative estimate of drug-likeness (QED) is 0.528. The molecule has 0 N–H and O–H groups in total. The minimum atomic E-state index is 0.895. The Morgan fingerprint density at radius 1 is 1.10 bits per heavy atom. The molecule has 0 saturated carbocycles. The molecule has 4 aromatic rings. The maximum Gasteiger partial charge on any atom is 0.163 e. The van der Waals surface area contributed by atoms with Crippen molar-refractivity contribution in [3.63, 3.8) is 0 Å². The molecule has 0 unspecified atom stereocenters. The van der Waals surface area contributed by atoms with Gasteiger partial charge in [0.2, 0.25) is 0 Å². The predicted octanol–water partition coefficient (Wildman–Crippen LogP) is 3.20. The molecule has 0 aliphatic heterocycles. The third kappa shape index (κ3) is 1.48. The number of hydrogen-bond acceptors (Lipinski definition) is 2. The molecule has 0 spiro atoms. The van der Waals surface area contributed by atoms with Crippen LogP contribution in [0.15, 0.2) is 49.1 Å². The zero-order valence-electron chi connectivity index (χ0n) is 11.4. The molecule has 4 rings (SSSR count). The number of fused-ring (bicyclic) bond motifs is 2. The van der Waals surface area contributed by atoms with Crippen LogP contribution in [0.5, 0.6) is 0 Å².